The average molecular weight is 267 g/mol. The van der Waals surface area contributed by atoms with Crippen molar-refractivity contribution in [1.82, 2.24) is 4.90 Å². The highest BCUT2D eigenvalue weighted by Gasteiger charge is 2.62. The van der Waals surface area contributed by atoms with Gasteiger partial charge in [-0.15, -0.1) is 0 Å². The van der Waals surface area contributed by atoms with Gasteiger partial charge in [0.05, 0.1) is 13.2 Å². The lowest BCUT2D eigenvalue weighted by Crippen LogP contribution is -2.73. The Bertz CT molecular complexity index is 356. The van der Waals surface area contributed by atoms with Crippen LogP contribution in [0.25, 0.3) is 0 Å². The van der Waals surface area contributed by atoms with E-state index in [2.05, 4.69) is 4.90 Å². The molecule has 0 aromatic carbocycles. The van der Waals surface area contributed by atoms with Crippen LogP contribution in [0.3, 0.4) is 0 Å². The lowest BCUT2D eigenvalue weighted by Gasteiger charge is -2.59. The van der Waals surface area contributed by atoms with Crippen molar-refractivity contribution < 1.29 is 14.6 Å². The second-order valence-electron chi connectivity index (χ2n) is 6.58. The van der Waals surface area contributed by atoms with Crippen LogP contribution in [-0.4, -0.2) is 54.7 Å². The molecule has 3 aliphatic heterocycles. The number of methoxy groups -OCH3 is 1. The third-order valence-electron chi connectivity index (χ3n) is 5.92. The Morgan fingerprint density at radius 1 is 1.32 bits per heavy atom. The lowest BCUT2D eigenvalue weighted by molar-refractivity contribution is -0.177. The highest BCUT2D eigenvalue weighted by atomic mass is 16.5. The maximum atomic E-state index is 13.2. The van der Waals surface area contributed by atoms with E-state index in [1.807, 2.05) is 0 Å². The average Bonchev–Trinajstić information content (AvgIpc) is 2.98. The minimum Gasteiger partial charge on any atom is -0.394 e. The Balaban J connectivity index is 1.95. The summed E-state index contributed by atoms with van der Waals surface area (Å²) in [7, 11) is 1.62. The van der Waals surface area contributed by atoms with Gasteiger partial charge < -0.3 is 9.84 Å². The number of hydrogen-bond acceptors (Lipinski definition) is 4. The normalized spacial score (nSPS) is 43.1. The minimum atomic E-state index is -0.756. The number of nitrogens with zero attached hydrogens (tertiary/aromatic N) is 1. The number of carbonyl (C=O) groups excluding carboxylic acids is 1. The Labute approximate surface area is 115 Å². The summed E-state index contributed by atoms with van der Waals surface area (Å²) in [5.74, 6) is 0.819. The molecule has 1 aliphatic carbocycles. The van der Waals surface area contributed by atoms with E-state index in [9.17, 15) is 9.90 Å². The molecule has 0 radical (unpaired) electrons. The van der Waals surface area contributed by atoms with Crippen LogP contribution in [0.4, 0.5) is 0 Å². The van der Waals surface area contributed by atoms with Crippen molar-refractivity contribution >= 4 is 5.78 Å². The zero-order valence-electron chi connectivity index (χ0n) is 11.9. The standard InChI is InChI=1S/C15H25NO3/c1-19-11-15(10-17)13(18)14(12-4-2-3-5-12)6-8-16(15)9-7-14/h12,17H,2-11H2,1H3/t15-/m0/s1. The molecule has 2 bridgehead atoms. The first-order valence-electron chi connectivity index (χ1n) is 7.59. The third-order valence-corrected chi connectivity index (χ3v) is 5.92. The zero-order chi connectivity index (χ0) is 13.5. The van der Waals surface area contributed by atoms with Gasteiger partial charge >= 0.3 is 0 Å². The molecule has 0 amide bonds. The van der Waals surface area contributed by atoms with E-state index >= 15 is 0 Å². The fourth-order valence-electron chi connectivity index (χ4n) is 4.85. The summed E-state index contributed by atoms with van der Waals surface area (Å²) in [6.45, 7) is 2.10. The monoisotopic (exact) mass is 267 g/mol. The van der Waals surface area contributed by atoms with Crippen LogP contribution < -0.4 is 0 Å². The van der Waals surface area contributed by atoms with Gasteiger partial charge in [-0.25, -0.2) is 0 Å². The molecule has 0 aromatic heterocycles. The summed E-state index contributed by atoms with van der Waals surface area (Å²) in [6.07, 6.45) is 6.89. The van der Waals surface area contributed by atoms with Crippen molar-refractivity contribution in [2.75, 3.05) is 33.4 Å². The van der Waals surface area contributed by atoms with Crippen LogP contribution in [0, 0.1) is 11.3 Å². The molecule has 4 fully saturated rings. The number of hydrogen-bond donors (Lipinski definition) is 1. The van der Waals surface area contributed by atoms with Crippen molar-refractivity contribution in [3.8, 4) is 0 Å². The Morgan fingerprint density at radius 3 is 2.47 bits per heavy atom. The summed E-state index contributed by atoms with van der Waals surface area (Å²) in [6, 6.07) is 0. The molecule has 1 saturated carbocycles. The minimum absolute atomic E-state index is 0.103. The van der Waals surface area contributed by atoms with E-state index in [4.69, 9.17) is 4.74 Å². The molecular weight excluding hydrogens is 242 g/mol. The number of carbonyl (C=O) groups is 1. The van der Waals surface area contributed by atoms with Gasteiger partial charge in [0.1, 0.15) is 5.54 Å². The smallest absolute Gasteiger partial charge is 0.164 e. The zero-order valence-corrected chi connectivity index (χ0v) is 11.9. The molecule has 3 heterocycles. The quantitative estimate of drug-likeness (QED) is 0.832. The van der Waals surface area contributed by atoms with Crippen molar-refractivity contribution in [3.05, 3.63) is 0 Å². The van der Waals surface area contributed by atoms with Gasteiger partial charge in [-0.1, -0.05) is 12.8 Å². The molecular formula is C15H25NO3. The van der Waals surface area contributed by atoms with Crippen LogP contribution in [0.15, 0.2) is 0 Å². The predicted octanol–water partition coefficient (Wildman–Crippen LogP) is 1.22. The molecule has 4 aliphatic rings. The van der Waals surface area contributed by atoms with Crippen LogP contribution >= 0.6 is 0 Å². The predicted molar refractivity (Wildman–Crippen MR) is 71.9 cm³/mol. The van der Waals surface area contributed by atoms with Gasteiger partial charge in [-0.2, -0.15) is 0 Å². The first kappa shape index (κ1) is 13.5. The van der Waals surface area contributed by atoms with E-state index in [0.29, 0.717) is 12.5 Å². The lowest BCUT2D eigenvalue weighted by atomic mass is 9.57. The molecule has 3 saturated heterocycles. The van der Waals surface area contributed by atoms with Crippen molar-refractivity contribution in [2.45, 2.75) is 44.1 Å². The summed E-state index contributed by atoms with van der Waals surface area (Å²) >= 11 is 0. The first-order chi connectivity index (χ1) is 9.19. The largest absolute Gasteiger partial charge is 0.394 e. The van der Waals surface area contributed by atoms with E-state index in [1.54, 1.807) is 7.11 Å². The number of Topliss-reactive ketones (excluding diaryl/α,β-unsaturated/α-hetero) is 1. The summed E-state index contributed by atoms with van der Waals surface area (Å²) in [4.78, 5) is 15.3. The second-order valence-corrected chi connectivity index (χ2v) is 6.58. The molecule has 0 aromatic rings. The summed E-state index contributed by atoms with van der Waals surface area (Å²) in [5.41, 5.74) is -0.916. The number of aliphatic hydroxyl groups is 1. The second kappa shape index (κ2) is 4.83. The number of piperidine rings is 3. The molecule has 4 nitrogen and oxygen atoms in total. The fraction of sp³-hybridized carbons (Fsp3) is 0.933. The van der Waals surface area contributed by atoms with E-state index < -0.39 is 5.54 Å². The van der Waals surface area contributed by atoms with Gasteiger partial charge in [0.15, 0.2) is 5.78 Å². The molecule has 19 heavy (non-hydrogen) atoms. The Kier molecular flexibility index (Phi) is 3.44. The van der Waals surface area contributed by atoms with Crippen LogP contribution in [0.5, 0.6) is 0 Å². The molecule has 108 valence electrons. The van der Waals surface area contributed by atoms with E-state index in [0.717, 1.165) is 25.9 Å². The number of aliphatic hydroxyl groups excluding tert-OH is 1. The Morgan fingerprint density at radius 2 is 1.95 bits per heavy atom. The number of rotatable bonds is 4. The third kappa shape index (κ3) is 1.73. The van der Waals surface area contributed by atoms with Crippen LogP contribution in [-0.2, 0) is 9.53 Å². The molecule has 1 atom stereocenters. The number of fused-ring (bicyclic) bond motifs is 3. The number of ether oxygens (including phenoxy) is 1. The van der Waals surface area contributed by atoms with Crippen LogP contribution in [0.1, 0.15) is 38.5 Å². The maximum absolute atomic E-state index is 13.2. The van der Waals surface area contributed by atoms with Gasteiger partial charge in [0.2, 0.25) is 0 Å². The van der Waals surface area contributed by atoms with Gasteiger partial charge in [0, 0.05) is 25.6 Å². The van der Waals surface area contributed by atoms with E-state index in [-0.39, 0.29) is 17.8 Å². The van der Waals surface area contributed by atoms with Crippen molar-refractivity contribution in [3.63, 3.8) is 0 Å². The molecule has 4 heteroatoms. The van der Waals surface area contributed by atoms with Crippen LogP contribution in [0.2, 0.25) is 0 Å². The van der Waals surface area contributed by atoms with Gasteiger partial charge in [-0.3, -0.25) is 9.69 Å². The number of ketones is 1. The topological polar surface area (TPSA) is 49.8 Å². The summed E-state index contributed by atoms with van der Waals surface area (Å²) in [5, 5.41) is 9.88. The molecule has 1 N–H and O–H groups in total. The highest BCUT2D eigenvalue weighted by molar-refractivity contribution is 5.96. The Hall–Kier alpha value is -0.450. The maximum Gasteiger partial charge on any atom is 0.164 e. The van der Waals surface area contributed by atoms with Crippen molar-refractivity contribution in [2.24, 2.45) is 11.3 Å². The van der Waals surface area contributed by atoms with Gasteiger partial charge in [0.25, 0.3) is 0 Å². The van der Waals surface area contributed by atoms with Gasteiger partial charge in [-0.05, 0) is 31.6 Å². The van der Waals surface area contributed by atoms with E-state index in [1.165, 1.54) is 25.7 Å². The van der Waals surface area contributed by atoms with Crippen molar-refractivity contribution in [1.29, 1.82) is 0 Å². The molecule has 0 unspecified atom stereocenters. The fourth-order valence-corrected chi connectivity index (χ4v) is 4.85. The highest BCUT2D eigenvalue weighted by Crippen LogP contribution is 2.54. The molecule has 0 spiro atoms. The SMILES string of the molecule is COC[C@@]1(CO)C(=O)C2(C3CCCC3)CCN1CC2. The first-order valence-corrected chi connectivity index (χ1v) is 7.59. The summed E-state index contributed by atoms with van der Waals surface area (Å²) < 4.78 is 5.28. The molecule has 4 rings (SSSR count).